The Balaban J connectivity index is 3.32. The Morgan fingerprint density at radius 3 is 2.32 bits per heavy atom. The first-order valence-corrected chi connectivity index (χ1v) is 8.07. The number of rotatable bonds is 6. The van der Waals surface area contributed by atoms with Crippen molar-refractivity contribution in [2.45, 2.75) is 31.2 Å². The van der Waals surface area contributed by atoms with E-state index in [1.807, 2.05) is 6.92 Å². The Morgan fingerprint density at radius 1 is 1.26 bits per heavy atom. The molecule has 1 N–H and O–H groups in total. The van der Waals surface area contributed by atoms with Crippen LogP contribution in [0.15, 0.2) is 21.5 Å². The van der Waals surface area contributed by atoms with Gasteiger partial charge in [0, 0.05) is 12.1 Å². The first-order valence-electron chi connectivity index (χ1n) is 5.79. The lowest BCUT2D eigenvalue weighted by atomic mass is 10.3. The zero-order chi connectivity index (χ0) is 14.6. The topological polar surface area (TPSA) is 64.6 Å². The maximum Gasteiger partial charge on any atom is 0.244 e. The maximum absolute atomic E-state index is 12.3. The molecule has 1 rings (SSSR count). The Hall–Kier alpha value is -0.790. The van der Waals surface area contributed by atoms with E-state index in [1.54, 1.807) is 13.0 Å². The first kappa shape index (κ1) is 16.3. The molecule has 0 aliphatic heterocycles. The molecule has 0 aliphatic rings. The molecule has 0 spiro atoms. The molecule has 7 heteroatoms. The number of hydrogen-bond donors (Lipinski definition) is 1. The third kappa shape index (κ3) is 3.84. The number of sulfonamides is 1. The van der Waals surface area contributed by atoms with Crippen molar-refractivity contribution < 1.29 is 17.9 Å². The van der Waals surface area contributed by atoms with Crippen LogP contribution in [0.3, 0.4) is 0 Å². The quantitative estimate of drug-likeness (QED) is 0.855. The number of halogens is 1. The third-order valence-corrected chi connectivity index (χ3v) is 4.93. The Bertz CT molecular complexity index is 545. The smallest absolute Gasteiger partial charge is 0.244 e. The van der Waals surface area contributed by atoms with Gasteiger partial charge in [-0.1, -0.05) is 6.92 Å². The van der Waals surface area contributed by atoms with Gasteiger partial charge in [0.05, 0.1) is 18.7 Å². The summed E-state index contributed by atoms with van der Waals surface area (Å²) >= 11 is 3.29. The normalized spacial score (nSPS) is 13.1. The summed E-state index contributed by atoms with van der Waals surface area (Å²) in [5, 5.41) is 0. The second-order valence-electron chi connectivity index (χ2n) is 4.07. The number of nitrogens with one attached hydrogen (secondary N) is 1. The van der Waals surface area contributed by atoms with Gasteiger partial charge in [-0.3, -0.25) is 0 Å². The van der Waals surface area contributed by atoms with Gasteiger partial charge in [0.2, 0.25) is 10.0 Å². The maximum atomic E-state index is 12.3. The molecular weight excluding hydrogens is 334 g/mol. The standard InChI is InChI=1S/C12H18BrNO4S/c1-5-8(2)14-19(15,16)12-7-10(17-3)9(13)6-11(12)18-4/h6-8,14H,5H2,1-4H3. The van der Waals surface area contributed by atoms with Crippen molar-refractivity contribution in [1.29, 1.82) is 0 Å². The molecule has 0 aliphatic carbocycles. The lowest BCUT2D eigenvalue weighted by molar-refractivity contribution is 0.389. The molecule has 0 heterocycles. The predicted molar refractivity (Wildman–Crippen MR) is 77.3 cm³/mol. The van der Waals surface area contributed by atoms with Crippen molar-refractivity contribution in [3.63, 3.8) is 0 Å². The highest BCUT2D eigenvalue weighted by atomic mass is 79.9. The monoisotopic (exact) mass is 351 g/mol. The summed E-state index contributed by atoms with van der Waals surface area (Å²) in [5.74, 6) is 0.703. The van der Waals surface area contributed by atoms with Gasteiger partial charge in [0.25, 0.3) is 0 Å². The van der Waals surface area contributed by atoms with Crippen molar-refractivity contribution in [2.24, 2.45) is 0 Å². The van der Waals surface area contributed by atoms with E-state index in [0.717, 1.165) is 0 Å². The molecule has 0 bridgehead atoms. The van der Waals surface area contributed by atoms with E-state index in [0.29, 0.717) is 16.6 Å². The van der Waals surface area contributed by atoms with Crippen LogP contribution in [0.25, 0.3) is 0 Å². The van der Waals surface area contributed by atoms with Crippen LogP contribution in [-0.2, 0) is 10.0 Å². The molecule has 5 nitrogen and oxygen atoms in total. The summed E-state index contributed by atoms with van der Waals surface area (Å²) in [7, 11) is -0.735. The summed E-state index contributed by atoms with van der Waals surface area (Å²) in [6.07, 6.45) is 0.704. The van der Waals surface area contributed by atoms with Crippen molar-refractivity contribution in [2.75, 3.05) is 14.2 Å². The fraction of sp³-hybridized carbons (Fsp3) is 0.500. The summed E-state index contributed by atoms with van der Waals surface area (Å²) in [6.45, 7) is 3.71. The second kappa shape index (κ2) is 6.58. The average Bonchev–Trinajstić information content (AvgIpc) is 2.37. The van der Waals surface area contributed by atoms with Gasteiger partial charge >= 0.3 is 0 Å². The fourth-order valence-electron chi connectivity index (χ4n) is 1.45. The Labute approximate surface area is 122 Å². The van der Waals surface area contributed by atoms with Crippen LogP contribution < -0.4 is 14.2 Å². The number of methoxy groups -OCH3 is 2. The summed E-state index contributed by atoms with van der Waals surface area (Å²) < 4.78 is 38.1. The van der Waals surface area contributed by atoms with Gasteiger partial charge < -0.3 is 9.47 Å². The zero-order valence-corrected chi connectivity index (χ0v) is 13.8. The molecule has 0 amide bonds. The molecule has 1 aromatic rings. The molecule has 0 saturated heterocycles. The molecule has 0 radical (unpaired) electrons. The number of hydrogen-bond acceptors (Lipinski definition) is 4. The van der Waals surface area contributed by atoms with Crippen LogP contribution in [0.2, 0.25) is 0 Å². The van der Waals surface area contributed by atoms with Crippen molar-refractivity contribution in [3.05, 3.63) is 16.6 Å². The minimum Gasteiger partial charge on any atom is -0.496 e. The molecule has 0 fully saturated rings. The van der Waals surface area contributed by atoms with Crippen molar-refractivity contribution in [1.82, 2.24) is 4.72 Å². The van der Waals surface area contributed by atoms with E-state index in [4.69, 9.17) is 9.47 Å². The largest absolute Gasteiger partial charge is 0.496 e. The summed E-state index contributed by atoms with van der Waals surface area (Å²) in [5.41, 5.74) is 0. The third-order valence-electron chi connectivity index (χ3n) is 2.70. The molecule has 1 unspecified atom stereocenters. The Morgan fingerprint density at radius 2 is 1.84 bits per heavy atom. The Kier molecular flexibility index (Phi) is 5.64. The van der Waals surface area contributed by atoms with E-state index in [2.05, 4.69) is 20.7 Å². The first-order chi connectivity index (χ1) is 8.85. The zero-order valence-electron chi connectivity index (χ0n) is 11.4. The highest BCUT2D eigenvalue weighted by Crippen LogP contribution is 2.35. The highest BCUT2D eigenvalue weighted by molar-refractivity contribution is 9.10. The van der Waals surface area contributed by atoms with Gasteiger partial charge in [-0.25, -0.2) is 13.1 Å². The molecule has 1 atom stereocenters. The fourth-order valence-corrected chi connectivity index (χ4v) is 3.43. The minimum atomic E-state index is -3.64. The van der Waals surface area contributed by atoms with Gasteiger partial charge in [-0.2, -0.15) is 0 Å². The summed E-state index contributed by atoms with van der Waals surface area (Å²) in [6, 6.07) is 2.86. The van der Waals surface area contributed by atoms with Crippen LogP contribution in [0.1, 0.15) is 20.3 Å². The molecule has 0 saturated carbocycles. The lowest BCUT2D eigenvalue weighted by Crippen LogP contribution is -2.32. The molecule has 19 heavy (non-hydrogen) atoms. The number of benzene rings is 1. The van der Waals surface area contributed by atoms with E-state index >= 15 is 0 Å². The molecule has 1 aromatic carbocycles. The van der Waals surface area contributed by atoms with Gasteiger partial charge in [0.15, 0.2) is 0 Å². The van der Waals surface area contributed by atoms with E-state index in [1.165, 1.54) is 20.3 Å². The average molecular weight is 352 g/mol. The molecular formula is C12H18BrNO4S. The molecule has 108 valence electrons. The van der Waals surface area contributed by atoms with E-state index < -0.39 is 10.0 Å². The van der Waals surface area contributed by atoms with Crippen LogP contribution in [0, 0.1) is 0 Å². The van der Waals surface area contributed by atoms with Crippen LogP contribution in [-0.4, -0.2) is 28.7 Å². The minimum absolute atomic E-state index is 0.0651. The van der Waals surface area contributed by atoms with Crippen molar-refractivity contribution >= 4 is 26.0 Å². The lowest BCUT2D eigenvalue weighted by Gasteiger charge is -2.16. The van der Waals surface area contributed by atoms with Crippen molar-refractivity contribution in [3.8, 4) is 11.5 Å². The molecule has 0 aromatic heterocycles. The van der Waals surface area contributed by atoms with Crippen LogP contribution >= 0.6 is 15.9 Å². The highest BCUT2D eigenvalue weighted by Gasteiger charge is 2.23. The summed E-state index contributed by atoms with van der Waals surface area (Å²) in [4.78, 5) is 0.0651. The van der Waals surface area contributed by atoms with Gasteiger partial charge in [-0.05, 0) is 35.3 Å². The second-order valence-corrected chi connectivity index (χ2v) is 6.60. The SMILES string of the molecule is CCC(C)NS(=O)(=O)c1cc(OC)c(Br)cc1OC. The van der Waals surface area contributed by atoms with Crippen LogP contribution in [0.4, 0.5) is 0 Å². The van der Waals surface area contributed by atoms with E-state index in [9.17, 15) is 8.42 Å². The van der Waals surface area contributed by atoms with Gasteiger partial charge in [-0.15, -0.1) is 0 Å². The van der Waals surface area contributed by atoms with Gasteiger partial charge in [0.1, 0.15) is 16.4 Å². The number of ether oxygens (including phenoxy) is 2. The predicted octanol–water partition coefficient (Wildman–Crippen LogP) is 2.54. The van der Waals surface area contributed by atoms with E-state index in [-0.39, 0.29) is 16.7 Å². The van der Waals surface area contributed by atoms with Crippen LogP contribution in [0.5, 0.6) is 11.5 Å².